The molecule has 2 heterocycles. The van der Waals surface area contributed by atoms with Crippen molar-refractivity contribution in [3.63, 3.8) is 0 Å². The zero-order valence-electron chi connectivity index (χ0n) is 16.5. The van der Waals surface area contributed by atoms with E-state index < -0.39 is 0 Å². The Labute approximate surface area is 157 Å². The van der Waals surface area contributed by atoms with Gasteiger partial charge in [0.15, 0.2) is 5.96 Å². The minimum atomic E-state index is 0.453. The zero-order valence-corrected chi connectivity index (χ0v) is 16.5. The van der Waals surface area contributed by atoms with Crippen molar-refractivity contribution in [3.8, 4) is 0 Å². The average Bonchev–Trinajstić information content (AvgIpc) is 3.36. The molecule has 1 aromatic heterocycles. The summed E-state index contributed by atoms with van der Waals surface area (Å²) >= 11 is 0. The largest absolute Gasteiger partial charge is 0.383 e. The van der Waals surface area contributed by atoms with Crippen LogP contribution in [0.25, 0.3) is 0 Å². The van der Waals surface area contributed by atoms with E-state index in [1.807, 2.05) is 19.6 Å². The van der Waals surface area contributed by atoms with Crippen molar-refractivity contribution in [3.05, 3.63) is 18.7 Å². The van der Waals surface area contributed by atoms with Gasteiger partial charge in [-0.15, -0.1) is 0 Å². The van der Waals surface area contributed by atoms with Gasteiger partial charge in [-0.3, -0.25) is 9.89 Å². The van der Waals surface area contributed by atoms with Crippen molar-refractivity contribution in [2.24, 2.45) is 10.9 Å². The van der Waals surface area contributed by atoms with E-state index in [1.54, 1.807) is 7.11 Å². The quantitative estimate of drug-likeness (QED) is 0.560. The molecule has 2 aliphatic rings. The molecule has 1 aliphatic carbocycles. The zero-order chi connectivity index (χ0) is 18.4. The van der Waals surface area contributed by atoms with Crippen LogP contribution in [0, 0.1) is 5.92 Å². The van der Waals surface area contributed by atoms with E-state index in [-0.39, 0.29) is 0 Å². The Morgan fingerprint density at radius 1 is 1.35 bits per heavy atom. The summed E-state index contributed by atoms with van der Waals surface area (Å²) in [6, 6.07) is 1.21. The Hall–Kier alpha value is -1.60. The smallest absolute Gasteiger partial charge is 0.193 e. The number of hydrogen-bond acceptors (Lipinski definition) is 4. The third-order valence-electron chi connectivity index (χ3n) is 5.67. The first-order valence-corrected chi connectivity index (χ1v) is 9.89. The minimum Gasteiger partial charge on any atom is -0.383 e. The molecule has 0 radical (unpaired) electrons. The minimum absolute atomic E-state index is 0.453. The predicted molar refractivity (Wildman–Crippen MR) is 104 cm³/mol. The van der Waals surface area contributed by atoms with Gasteiger partial charge in [-0.05, 0) is 25.2 Å². The number of guanidine groups is 1. The third kappa shape index (κ3) is 4.98. The normalized spacial score (nSPS) is 24.3. The van der Waals surface area contributed by atoms with E-state index in [9.17, 15) is 0 Å². The second-order valence-corrected chi connectivity index (χ2v) is 7.52. The van der Waals surface area contributed by atoms with Gasteiger partial charge in [0.1, 0.15) is 0 Å². The van der Waals surface area contributed by atoms with Gasteiger partial charge in [-0.2, -0.15) is 0 Å². The SMILES string of the molecule is CN=C(NCCN(CCOC)C1CC1)N1CCC(C)C(n2ccnc2)C1. The summed E-state index contributed by atoms with van der Waals surface area (Å²) in [6.07, 6.45) is 9.70. The van der Waals surface area contributed by atoms with Crippen molar-refractivity contribution < 1.29 is 4.74 Å². The van der Waals surface area contributed by atoms with Gasteiger partial charge in [-0.25, -0.2) is 4.98 Å². The number of methoxy groups -OCH3 is 1. The molecule has 7 nitrogen and oxygen atoms in total. The number of aliphatic imine (C=N–C) groups is 1. The van der Waals surface area contributed by atoms with Crippen LogP contribution in [-0.2, 0) is 4.74 Å². The number of piperidine rings is 1. The van der Waals surface area contributed by atoms with E-state index in [1.165, 1.54) is 19.3 Å². The lowest BCUT2D eigenvalue weighted by molar-refractivity contribution is 0.144. The maximum Gasteiger partial charge on any atom is 0.193 e. The maximum absolute atomic E-state index is 5.25. The van der Waals surface area contributed by atoms with Crippen LogP contribution in [0.5, 0.6) is 0 Å². The number of ether oxygens (including phenoxy) is 1. The molecule has 3 rings (SSSR count). The lowest BCUT2D eigenvalue weighted by Crippen LogP contribution is -2.50. The Kier molecular flexibility index (Phi) is 6.91. The maximum atomic E-state index is 5.25. The van der Waals surface area contributed by atoms with Crippen LogP contribution < -0.4 is 5.32 Å². The number of aromatic nitrogens is 2. The summed E-state index contributed by atoms with van der Waals surface area (Å²) in [5, 5.41) is 3.58. The highest BCUT2D eigenvalue weighted by atomic mass is 16.5. The van der Waals surface area contributed by atoms with Crippen molar-refractivity contribution in [1.82, 2.24) is 24.7 Å². The monoisotopic (exact) mass is 362 g/mol. The van der Waals surface area contributed by atoms with Crippen LogP contribution >= 0.6 is 0 Å². The number of hydrogen-bond donors (Lipinski definition) is 1. The highest BCUT2D eigenvalue weighted by molar-refractivity contribution is 5.80. The van der Waals surface area contributed by atoms with Crippen molar-refractivity contribution in [2.75, 3.05) is 53.5 Å². The lowest BCUT2D eigenvalue weighted by Gasteiger charge is -2.39. The molecule has 2 unspecified atom stereocenters. The van der Waals surface area contributed by atoms with Crippen LogP contribution in [-0.4, -0.2) is 84.8 Å². The summed E-state index contributed by atoms with van der Waals surface area (Å²) in [5.41, 5.74) is 0. The highest BCUT2D eigenvalue weighted by Crippen LogP contribution is 2.27. The Morgan fingerprint density at radius 3 is 2.85 bits per heavy atom. The topological polar surface area (TPSA) is 57.9 Å². The molecular formula is C19H34N6O. The molecule has 1 saturated heterocycles. The number of nitrogens with one attached hydrogen (secondary N) is 1. The Morgan fingerprint density at radius 2 is 2.19 bits per heavy atom. The van der Waals surface area contributed by atoms with Gasteiger partial charge in [0.2, 0.25) is 0 Å². The van der Waals surface area contributed by atoms with Crippen LogP contribution in [0.15, 0.2) is 23.7 Å². The third-order valence-corrected chi connectivity index (χ3v) is 5.67. The van der Waals surface area contributed by atoms with Crippen LogP contribution in [0.1, 0.15) is 32.2 Å². The number of imidazole rings is 1. The van der Waals surface area contributed by atoms with Crippen LogP contribution in [0.3, 0.4) is 0 Å². The van der Waals surface area contributed by atoms with Gasteiger partial charge in [0.05, 0.1) is 19.0 Å². The fourth-order valence-corrected chi connectivity index (χ4v) is 3.86. The fourth-order valence-electron chi connectivity index (χ4n) is 3.86. The lowest BCUT2D eigenvalue weighted by atomic mass is 9.93. The van der Waals surface area contributed by atoms with Crippen molar-refractivity contribution >= 4 is 5.96 Å². The molecule has 0 amide bonds. The first-order chi connectivity index (χ1) is 12.7. The molecule has 7 heteroatoms. The summed E-state index contributed by atoms with van der Waals surface area (Å²) in [4.78, 5) is 13.7. The number of likely N-dealkylation sites (tertiary alicyclic amines) is 1. The van der Waals surface area contributed by atoms with Gasteiger partial charge in [-0.1, -0.05) is 6.92 Å². The van der Waals surface area contributed by atoms with Crippen LogP contribution in [0.2, 0.25) is 0 Å². The first kappa shape index (κ1) is 19.2. The van der Waals surface area contributed by atoms with Gasteiger partial charge in [0.25, 0.3) is 0 Å². The van der Waals surface area contributed by atoms with E-state index >= 15 is 0 Å². The molecule has 1 aliphatic heterocycles. The molecular weight excluding hydrogens is 328 g/mol. The number of rotatable bonds is 8. The molecule has 1 N–H and O–H groups in total. The fraction of sp³-hybridized carbons (Fsp3) is 0.789. The van der Waals surface area contributed by atoms with Crippen molar-refractivity contribution in [1.29, 1.82) is 0 Å². The highest BCUT2D eigenvalue weighted by Gasteiger charge is 2.30. The van der Waals surface area contributed by atoms with E-state index in [2.05, 4.69) is 42.8 Å². The second-order valence-electron chi connectivity index (χ2n) is 7.52. The van der Waals surface area contributed by atoms with Gasteiger partial charge < -0.3 is 19.5 Å². The molecule has 1 aromatic rings. The van der Waals surface area contributed by atoms with E-state index in [0.717, 1.165) is 51.3 Å². The van der Waals surface area contributed by atoms with Gasteiger partial charge in [0, 0.05) is 65.3 Å². The molecule has 26 heavy (non-hydrogen) atoms. The molecule has 0 spiro atoms. The molecule has 0 bridgehead atoms. The summed E-state index contributed by atoms with van der Waals surface area (Å²) < 4.78 is 7.49. The van der Waals surface area contributed by atoms with Crippen LogP contribution in [0.4, 0.5) is 0 Å². The molecule has 146 valence electrons. The molecule has 2 fully saturated rings. The summed E-state index contributed by atoms with van der Waals surface area (Å²) in [6.45, 7) is 8.17. The predicted octanol–water partition coefficient (Wildman–Crippen LogP) is 1.45. The molecule has 0 aromatic carbocycles. The summed E-state index contributed by atoms with van der Waals surface area (Å²) in [7, 11) is 3.66. The van der Waals surface area contributed by atoms with E-state index in [4.69, 9.17) is 4.74 Å². The number of nitrogens with zero attached hydrogens (tertiary/aromatic N) is 5. The first-order valence-electron chi connectivity index (χ1n) is 9.89. The average molecular weight is 363 g/mol. The standard InChI is InChI=1S/C19H34N6O/c1-16-6-9-24(14-18(16)25-10-7-21-15-25)19(20-2)22-8-11-23(12-13-26-3)17-4-5-17/h7,10,15-18H,4-6,8-9,11-14H2,1-3H3,(H,20,22). The Balaban J connectivity index is 1.50. The van der Waals surface area contributed by atoms with Crippen molar-refractivity contribution in [2.45, 2.75) is 38.3 Å². The Bertz CT molecular complexity index is 556. The van der Waals surface area contributed by atoms with Gasteiger partial charge >= 0.3 is 0 Å². The summed E-state index contributed by atoms with van der Waals surface area (Å²) in [5.74, 6) is 1.67. The van der Waals surface area contributed by atoms with E-state index in [0.29, 0.717) is 12.0 Å². The molecule has 1 saturated carbocycles. The second kappa shape index (κ2) is 9.37. The molecule has 2 atom stereocenters.